The molecule has 1 aliphatic rings. The highest BCUT2D eigenvalue weighted by atomic mass is 32.2. The molecule has 0 bridgehead atoms. The zero-order valence-corrected chi connectivity index (χ0v) is 12.2. The number of hydrazine groups is 1. The van der Waals surface area contributed by atoms with E-state index in [1.54, 1.807) is 11.8 Å². The number of halogens is 3. The fraction of sp³-hybridized carbons (Fsp3) is 0.462. The third-order valence-electron chi connectivity index (χ3n) is 3.56. The van der Waals surface area contributed by atoms with Crippen LogP contribution in [-0.4, -0.2) is 23.5 Å². The van der Waals surface area contributed by atoms with Gasteiger partial charge in [0.2, 0.25) is 0 Å². The molecule has 1 saturated carbocycles. The van der Waals surface area contributed by atoms with E-state index in [1.807, 2.05) is 6.26 Å². The summed E-state index contributed by atoms with van der Waals surface area (Å²) < 4.78 is 38.2. The SMILES string of the molecule is CSC1(CNC(=O)c2cc(C(F)(F)F)ccc2NN)CC1. The Hall–Kier alpha value is -1.41. The number of benzene rings is 1. The minimum absolute atomic E-state index is 0.0353. The zero-order chi connectivity index (χ0) is 15.7. The number of thioether (sulfide) groups is 1. The molecule has 0 aromatic heterocycles. The highest BCUT2D eigenvalue weighted by Gasteiger charge is 2.42. The molecule has 0 spiro atoms. The van der Waals surface area contributed by atoms with Crippen molar-refractivity contribution in [3.05, 3.63) is 29.3 Å². The molecule has 21 heavy (non-hydrogen) atoms. The highest BCUT2D eigenvalue weighted by Crippen LogP contribution is 2.46. The number of rotatable bonds is 5. The lowest BCUT2D eigenvalue weighted by Gasteiger charge is -2.16. The number of hydrogen-bond donors (Lipinski definition) is 3. The molecule has 0 saturated heterocycles. The first-order chi connectivity index (χ1) is 9.81. The summed E-state index contributed by atoms with van der Waals surface area (Å²) in [6.07, 6.45) is -0.548. The van der Waals surface area contributed by atoms with E-state index in [4.69, 9.17) is 5.84 Å². The van der Waals surface area contributed by atoms with Crippen molar-refractivity contribution in [1.82, 2.24) is 5.32 Å². The van der Waals surface area contributed by atoms with Crippen LogP contribution in [0.5, 0.6) is 0 Å². The van der Waals surface area contributed by atoms with Crippen LogP contribution in [0.4, 0.5) is 18.9 Å². The molecule has 0 aliphatic heterocycles. The number of carbonyl (C=O) groups excluding carboxylic acids is 1. The van der Waals surface area contributed by atoms with Crippen molar-refractivity contribution in [2.24, 2.45) is 5.84 Å². The van der Waals surface area contributed by atoms with Gasteiger partial charge in [0.25, 0.3) is 5.91 Å². The Morgan fingerprint density at radius 3 is 2.57 bits per heavy atom. The van der Waals surface area contributed by atoms with Crippen molar-refractivity contribution in [1.29, 1.82) is 0 Å². The predicted octanol–water partition coefficient (Wildman–Crippen LogP) is 2.62. The predicted molar refractivity (Wildman–Crippen MR) is 77.1 cm³/mol. The van der Waals surface area contributed by atoms with E-state index in [2.05, 4.69) is 10.7 Å². The fourth-order valence-electron chi connectivity index (χ4n) is 1.96. The standard InChI is InChI=1S/C13H16F3N3OS/c1-21-12(4-5-12)7-18-11(20)9-6-8(13(14,15)16)2-3-10(9)19-17/h2-3,6,19H,4-5,7,17H2,1H3,(H,18,20). The van der Waals surface area contributed by atoms with Gasteiger partial charge in [0.15, 0.2) is 0 Å². The van der Waals surface area contributed by atoms with E-state index in [0.717, 1.165) is 31.0 Å². The van der Waals surface area contributed by atoms with Crippen LogP contribution in [0, 0.1) is 0 Å². The van der Waals surface area contributed by atoms with E-state index < -0.39 is 17.6 Å². The normalized spacial score (nSPS) is 16.4. The molecule has 1 amide bonds. The monoisotopic (exact) mass is 319 g/mol. The molecular formula is C13H16F3N3OS. The number of hydrogen-bond acceptors (Lipinski definition) is 4. The average Bonchev–Trinajstić information content (AvgIpc) is 3.23. The summed E-state index contributed by atoms with van der Waals surface area (Å²) in [7, 11) is 0. The third kappa shape index (κ3) is 3.62. The second kappa shape index (κ2) is 5.76. The maximum absolute atomic E-state index is 12.7. The first-order valence-corrected chi connectivity index (χ1v) is 7.55. The summed E-state index contributed by atoms with van der Waals surface area (Å²) in [6.45, 7) is 0.438. The first-order valence-electron chi connectivity index (χ1n) is 6.32. The Bertz CT molecular complexity index is 544. The molecule has 0 unspecified atom stereocenters. The lowest BCUT2D eigenvalue weighted by atomic mass is 10.1. The van der Waals surface area contributed by atoms with Gasteiger partial charge in [-0.3, -0.25) is 10.6 Å². The zero-order valence-electron chi connectivity index (χ0n) is 11.4. The van der Waals surface area contributed by atoms with Gasteiger partial charge in [-0.25, -0.2) is 0 Å². The Morgan fingerprint density at radius 2 is 2.10 bits per heavy atom. The molecule has 0 heterocycles. The maximum Gasteiger partial charge on any atom is 0.416 e. The number of nitrogens with one attached hydrogen (secondary N) is 2. The molecule has 4 N–H and O–H groups in total. The van der Waals surface area contributed by atoms with E-state index in [1.165, 1.54) is 0 Å². The molecule has 1 fully saturated rings. The molecule has 4 nitrogen and oxygen atoms in total. The molecule has 1 aromatic carbocycles. The van der Waals surface area contributed by atoms with Crippen LogP contribution in [0.15, 0.2) is 18.2 Å². The van der Waals surface area contributed by atoms with Gasteiger partial charge in [-0.15, -0.1) is 0 Å². The summed E-state index contributed by atoms with van der Waals surface area (Å²) in [5.74, 6) is 4.69. The van der Waals surface area contributed by atoms with Gasteiger partial charge in [-0.1, -0.05) is 0 Å². The van der Waals surface area contributed by atoms with Gasteiger partial charge >= 0.3 is 6.18 Å². The largest absolute Gasteiger partial charge is 0.416 e. The Kier molecular flexibility index (Phi) is 4.38. The summed E-state index contributed by atoms with van der Waals surface area (Å²) in [5.41, 5.74) is 1.43. The first kappa shape index (κ1) is 16.0. The Balaban J connectivity index is 2.18. The molecule has 0 radical (unpaired) electrons. The number of nitrogens with two attached hydrogens (primary N) is 1. The van der Waals surface area contributed by atoms with E-state index in [9.17, 15) is 18.0 Å². The number of nitrogen functional groups attached to an aromatic ring is 1. The second-order valence-corrected chi connectivity index (χ2v) is 6.25. The van der Waals surface area contributed by atoms with E-state index >= 15 is 0 Å². The molecule has 1 aromatic rings. The fourth-order valence-corrected chi connectivity index (χ4v) is 2.69. The van der Waals surface area contributed by atoms with Crippen molar-refractivity contribution < 1.29 is 18.0 Å². The van der Waals surface area contributed by atoms with E-state index in [0.29, 0.717) is 6.54 Å². The van der Waals surface area contributed by atoms with Crippen LogP contribution in [-0.2, 0) is 6.18 Å². The minimum atomic E-state index is -4.50. The third-order valence-corrected chi connectivity index (χ3v) is 4.98. The van der Waals surface area contributed by atoms with Gasteiger partial charge in [0.1, 0.15) is 0 Å². The molecule has 0 atom stereocenters. The minimum Gasteiger partial charge on any atom is -0.351 e. The van der Waals surface area contributed by atoms with Gasteiger partial charge in [-0.2, -0.15) is 24.9 Å². The summed E-state index contributed by atoms with van der Waals surface area (Å²) in [4.78, 5) is 12.1. The Labute approximate surface area is 124 Å². The number of alkyl halides is 3. The van der Waals surface area contributed by atoms with Crippen LogP contribution in [0.1, 0.15) is 28.8 Å². The van der Waals surface area contributed by atoms with Crippen molar-refractivity contribution in [3.63, 3.8) is 0 Å². The van der Waals surface area contributed by atoms with E-state index in [-0.39, 0.29) is 16.0 Å². The number of carbonyl (C=O) groups is 1. The van der Waals surface area contributed by atoms with Gasteiger partial charge in [0.05, 0.1) is 16.8 Å². The van der Waals surface area contributed by atoms with Crippen LogP contribution >= 0.6 is 11.8 Å². The lowest BCUT2D eigenvalue weighted by Crippen LogP contribution is -2.32. The van der Waals surface area contributed by atoms with Crippen LogP contribution in [0.25, 0.3) is 0 Å². The maximum atomic E-state index is 12.7. The number of amides is 1. The van der Waals surface area contributed by atoms with Crippen LogP contribution < -0.4 is 16.6 Å². The molecule has 116 valence electrons. The van der Waals surface area contributed by atoms with Crippen LogP contribution in [0.3, 0.4) is 0 Å². The smallest absolute Gasteiger partial charge is 0.351 e. The molecule has 2 rings (SSSR count). The summed E-state index contributed by atoms with van der Waals surface area (Å²) in [5, 5.41) is 2.68. The Morgan fingerprint density at radius 1 is 1.43 bits per heavy atom. The van der Waals surface area contributed by atoms with Gasteiger partial charge in [-0.05, 0) is 37.3 Å². The quantitative estimate of drug-likeness (QED) is 0.576. The van der Waals surface area contributed by atoms with Gasteiger partial charge < -0.3 is 10.7 Å². The van der Waals surface area contributed by atoms with Crippen molar-refractivity contribution >= 4 is 23.4 Å². The average molecular weight is 319 g/mol. The topological polar surface area (TPSA) is 67.2 Å². The molecule has 1 aliphatic carbocycles. The lowest BCUT2D eigenvalue weighted by molar-refractivity contribution is -0.137. The highest BCUT2D eigenvalue weighted by molar-refractivity contribution is 8.00. The van der Waals surface area contributed by atoms with Crippen molar-refractivity contribution in [2.75, 3.05) is 18.2 Å². The van der Waals surface area contributed by atoms with Gasteiger partial charge in [0, 0.05) is 11.3 Å². The summed E-state index contributed by atoms with van der Waals surface area (Å²) in [6, 6.07) is 2.85. The summed E-state index contributed by atoms with van der Waals surface area (Å²) >= 11 is 1.66. The van der Waals surface area contributed by atoms with Crippen LogP contribution in [0.2, 0.25) is 0 Å². The second-order valence-electron chi connectivity index (χ2n) is 4.97. The van der Waals surface area contributed by atoms with Crippen molar-refractivity contribution in [2.45, 2.75) is 23.8 Å². The number of anilines is 1. The molecular weight excluding hydrogens is 303 g/mol. The van der Waals surface area contributed by atoms with Crippen molar-refractivity contribution in [3.8, 4) is 0 Å². The molecule has 8 heteroatoms.